The van der Waals surface area contributed by atoms with Crippen LogP contribution in [0.25, 0.3) is 0 Å². The summed E-state index contributed by atoms with van der Waals surface area (Å²) < 4.78 is 5.40. The maximum atomic E-state index is 12.2. The van der Waals surface area contributed by atoms with Crippen LogP contribution in [-0.2, 0) is 20.7 Å². The lowest BCUT2D eigenvalue weighted by atomic mass is 10.1. The smallest absolute Gasteiger partial charge is 0.306 e. The molecule has 1 amide bonds. The SMILES string of the molecule is CC(C)(C)OC(=O)CC1CC1c1ccc(NC(=O)CCCc2ccc([N+](=O)[O-])cc2)cc1. The van der Waals surface area contributed by atoms with Gasteiger partial charge in [0.25, 0.3) is 5.69 Å². The normalized spacial score (nSPS) is 17.5. The van der Waals surface area contributed by atoms with Crippen LogP contribution < -0.4 is 5.32 Å². The van der Waals surface area contributed by atoms with Gasteiger partial charge in [-0.1, -0.05) is 24.3 Å². The van der Waals surface area contributed by atoms with Crippen LogP contribution >= 0.6 is 0 Å². The van der Waals surface area contributed by atoms with E-state index in [4.69, 9.17) is 4.74 Å². The van der Waals surface area contributed by atoms with Gasteiger partial charge in [0.1, 0.15) is 5.60 Å². The molecule has 2 aromatic rings. The van der Waals surface area contributed by atoms with E-state index in [1.807, 2.05) is 45.0 Å². The van der Waals surface area contributed by atoms with Gasteiger partial charge < -0.3 is 10.1 Å². The molecule has 0 saturated heterocycles. The first-order chi connectivity index (χ1) is 15.1. The minimum absolute atomic E-state index is 0.0612. The molecule has 0 aromatic heterocycles. The van der Waals surface area contributed by atoms with Gasteiger partial charge in [-0.2, -0.15) is 0 Å². The molecule has 0 aliphatic heterocycles. The van der Waals surface area contributed by atoms with E-state index in [1.54, 1.807) is 12.1 Å². The largest absolute Gasteiger partial charge is 0.460 e. The van der Waals surface area contributed by atoms with E-state index < -0.39 is 10.5 Å². The minimum Gasteiger partial charge on any atom is -0.460 e. The number of nitro groups is 1. The summed E-state index contributed by atoms with van der Waals surface area (Å²) in [5.41, 5.74) is 2.51. The van der Waals surface area contributed by atoms with Crippen LogP contribution in [0, 0.1) is 16.0 Å². The zero-order chi connectivity index (χ0) is 23.3. The first-order valence-corrected chi connectivity index (χ1v) is 11.0. The van der Waals surface area contributed by atoms with Crippen molar-refractivity contribution in [2.24, 2.45) is 5.92 Å². The van der Waals surface area contributed by atoms with Crippen molar-refractivity contribution in [1.29, 1.82) is 0 Å². The molecule has 1 N–H and O–H groups in total. The maximum Gasteiger partial charge on any atom is 0.306 e. The molecule has 7 nitrogen and oxygen atoms in total. The van der Waals surface area contributed by atoms with Crippen molar-refractivity contribution in [1.82, 2.24) is 0 Å². The summed E-state index contributed by atoms with van der Waals surface area (Å²) >= 11 is 0. The Morgan fingerprint density at radius 2 is 1.75 bits per heavy atom. The highest BCUT2D eigenvalue weighted by atomic mass is 16.6. The summed E-state index contributed by atoms with van der Waals surface area (Å²) in [6.45, 7) is 5.62. The third-order valence-electron chi connectivity index (χ3n) is 5.41. The molecule has 2 atom stereocenters. The standard InChI is InChI=1S/C25H30N2O5/c1-25(2,3)32-24(29)16-19-15-22(19)18-9-11-20(12-10-18)26-23(28)6-4-5-17-7-13-21(14-8-17)27(30)31/h7-14,19,22H,4-6,15-16H2,1-3H3,(H,26,28). The zero-order valence-corrected chi connectivity index (χ0v) is 18.8. The molecular weight excluding hydrogens is 408 g/mol. The van der Waals surface area contributed by atoms with Crippen molar-refractivity contribution < 1.29 is 19.2 Å². The first-order valence-electron chi connectivity index (χ1n) is 11.0. The van der Waals surface area contributed by atoms with E-state index in [1.165, 1.54) is 17.7 Å². The van der Waals surface area contributed by atoms with Gasteiger partial charge in [-0.05, 0) is 75.1 Å². The molecule has 2 aromatic carbocycles. The molecule has 170 valence electrons. The van der Waals surface area contributed by atoms with E-state index in [0.29, 0.717) is 37.5 Å². The lowest BCUT2D eigenvalue weighted by molar-refractivity contribution is -0.384. The van der Waals surface area contributed by atoms with Crippen LogP contribution in [0.1, 0.15) is 63.5 Å². The lowest BCUT2D eigenvalue weighted by Gasteiger charge is -2.19. The third kappa shape index (κ3) is 7.18. The second kappa shape index (κ2) is 9.94. The van der Waals surface area contributed by atoms with E-state index in [0.717, 1.165) is 17.7 Å². The number of hydrogen-bond acceptors (Lipinski definition) is 5. The number of nitrogens with one attached hydrogen (secondary N) is 1. The molecule has 1 fully saturated rings. The Hall–Kier alpha value is -3.22. The van der Waals surface area contributed by atoms with Crippen LogP contribution in [0.15, 0.2) is 48.5 Å². The summed E-state index contributed by atoms with van der Waals surface area (Å²) in [5, 5.41) is 13.6. The molecule has 7 heteroatoms. The van der Waals surface area contributed by atoms with Gasteiger partial charge in [0.05, 0.1) is 4.92 Å². The predicted octanol–water partition coefficient (Wildman–Crippen LogP) is 5.39. The molecule has 2 unspecified atom stereocenters. The summed E-state index contributed by atoms with van der Waals surface area (Å²) in [5.74, 6) is 0.482. The second-order valence-corrected chi connectivity index (χ2v) is 9.34. The molecule has 3 rings (SSSR count). The molecule has 0 spiro atoms. The van der Waals surface area contributed by atoms with Crippen LogP contribution in [-0.4, -0.2) is 22.4 Å². The predicted molar refractivity (Wildman–Crippen MR) is 122 cm³/mol. The number of rotatable bonds is 9. The van der Waals surface area contributed by atoms with Crippen LogP contribution in [0.5, 0.6) is 0 Å². The fourth-order valence-corrected chi connectivity index (χ4v) is 3.75. The summed E-state index contributed by atoms with van der Waals surface area (Å²) in [6.07, 6.45) is 3.14. The number of hydrogen-bond donors (Lipinski definition) is 1. The average Bonchev–Trinajstić information content (AvgIpc) is 3.46. The fraction of sp³-hybridized carbons (Fsp3) is 0.440. The van der Waals surface area contributed by atoms with Gasteiger partial charge in [0.15, 0.2) is 0 Å². The number of carbonyl (C=O) groups is 2. The van der Waals surface area contributed by atoms with E-state index >= 15 is 0 Å². The molecule has 0 radical (unpaired) electrons. The highest BCUT2D eigenvalue weighted by Crippen LogP contribution is 2.49. The summed E-state index contributed by atoms with van der Waals surface area (Å²) in [7, 11) is 0. The van der Waals surface area contributed by atoms with E-state index in [9.17, 15) is 19.7 Å². The molecule has 1 aliphatic carbocycles. The summed E-state index contributed by atoms with van der Waals surface area (Å²) in [6, 6.07) is 14.2. The minimum atomic E-state index is -0.455. The molecular formula is C25H30N2O5. The monoisotopic (exact) mass is 438 g/mol. The molecule has 0 heterocycles. The Balaban J connectivity index is 1.39. The van der Waals surface area contributed by atoms with Crippen LogP contribution in [0.3, 0.4) is 0 Å². The number of ether oxygens (including phenoxy) is 1. The van der Waals surface area contributed by atoms with Gasteiger partial charge >= 0.3 is 5.97 Å². The molecule has 32 heavy (non-hydrogen) atoms. The fourth-order valence-electron chi connectivity index (χ4n) is 3.75. The highest BCUT2D eigenvalue weighted by Gasteiger charge is 2.40. The van der Waals surface area contributed by atoms with E-state index in [2.05, 4.69) is 5.32 Å². The number of nitrogens with zero attached hydrogens (tertiary/aromatic N) is 1. The van der Waals surface area contributed by atoms with E-state index in [-0.39, 0.29) is 17.6 Å². The van der Waals surface area contributed by atoms with Crippen molar-refractivity contribution in [2.75, 3.05) is 5.32 Å². The number of carbonyl (C=O) groups excluding carboxylic acids is 2. The topological polar surface area (TPSA) is 98.5 Å². The Labute approximate surface area is 188 Å². The molecule has 1 saturated carbocycles. The van der Waals surface area contributed by atoms with Gasteiger partial charge in [0.2, 0.25) is 5.91 Å². The van der Waals surface area contributed by atoms with Gasteiger partial charge in [-0.3, -0.25) is 19.7 Å². The quantitative estimate of drug-likeness (QED) is 0.321. The number of aryl methyl sites for hydroxylation is 1. The van der Waals surface area contributed by atoms with Crippen molar-refractivity contribution in [3.05, 3.63) is 69.8 Å². The van der Waals surface area contributed by atoms with Gasteiger partial charge in [0, 0.05) is 30.7 Å². The van der Waals surface area contributed by atoms with Crippen molar-refractivity contribution in [2.45, 2.75) is 64.4 Å². The number of anilines is 1. The van der Waals surface area contributed by atoms with Gasteiger partial charge in [-0.15, -0.1) is 0 Å². The third-order valence-corrected chi connectivity index (χ3v) is 5.41. The average molecular weight is 439 g/mol. The Bertz CT molecular complexity index is 961. The van der Waals surface area contributed by atoms with Crippen LogP contribution in [0.2, 0.25) is 0 Å². The highest BCUT2D eigenvalue weighted by molar-refractivity contribution is 5.90. The van der Waals surface area contributed by atoms with Crippen LogP contribution in [0.4, 0.5) is 11.4 Å². The number of amides is 1. The Morgan fingerprint density at radius 3 is 2.34 bits per heavy atom. The Kier molecular flexibility index (Phi) is 7.28. The number of esters is 1. The first kappa shape index (κ1) is 23.4. The maximum absolute atomic E-state index is 12.2. The van der Waals surface area contributed by atoms with Crippen molar-refractivity contribution in [3.63, 3.8) is 0 Å². The van der Waals surface area contributed by atoms with Gasteiger partial charge in [-0.25, -0.2) is 0 Å². The lowest BCUT2D eigenvalue weighted by Crippen LogP contribution is -2.24. The number of nitro benzene ring substituents is 1. The molecule has 0 bridgehead atoms. The number of benzene rings is 2. The van der Waals surface area contributed by atoms with Crippen molar-refractivity contribution in [3.8, 4) is 0 Å². The van der Waals surface area contributed by atoms with Crippen molar-refractivity contribution >= 4 is 23.3 Å². The number of non-ortho nitro benzene ring substituents is 1. The second-order valence-electron chi connectivity index (χ2n) is 9.34. The molecule has 1 aliphatic rings. The summed E-state index contributed by atoms with van der Waals surface area (Å²) in [4.78, 5) is 34.5. The Morgan fingerprint density at radius 1 is 1.09 bits per heavy atom. The zero-order valence-electron chi connectivity index (χ0n) is 18.8.